The van der Waals surface area contributed by atoms with Gasteiger partial charge in [-0.05, 0) is 70.2 Å². The molecule has 0 spiro atoms. The second-order valence-electron chi connectivity index (χ2n) is 9.25. The Kier molecular flexibility index (Phi) is 5.91. The van der Waals surface area contributed by atoms with Gasteiger partial charge in [-0.2, -0.15) is 0 Å². The molecule has 1 aliphatic carbocycles. The lowest BCUT2D eigenvalue weighted by Gasteiger charge is -2.31. The summed E-state index contributed by atoms with van der Waals surface area (Å²) in [4.78, 5) is 27.1. The minimum atomic E-state index is -0.137. The van der Waals surface area contributed by atoms with Gasteiger partial charge in [0.15, 0.2) is 6.61 Å². The molecule has 5 heteroatoms. The standard InChI is InChI=1S/C26H30N2O3/c1-19-15-23(31-18-25(30)28-14-4-13-26(28,2)3)16-24(29)27(19)17-22-11-9-21(10-12-22)8-7-20-5-6-20/h9-12,15-16,20H,4-6,13-14,17-18H2,1-3H3. The monoisotopic (exact) mass is 418 g/mol. The van der Waals surface area contributed by atoms with Gasteiger partial charge in [0.05, 0.1) is 6.54 Å². The average molecular weight is 419 g/mol. The summed E-state index contributed by atoms with van der Waals surface area (Å²) in [7, 11) is 0. The number of ether oxygens (including phenoxy) is 1. The van der Waals surface area contributed by atoms with E-state index in [0.29, 0.717) is 18.2 Å². The number of amides is 1. The number of carbonyl (C=O) groups is 1. The fourth-order valence-corrected chi connectivity index (χ4v) is 4.07. The first-order chi connectivity index (χ1) is 14.8. The highest BCUT2D eigenvalue weighted by atomic mass is 16.5. The highest BCUT2D eigenvalue weighted by Gasteiger charge is 2.35. The Labute approximate surface area is 184 Å². The van der Waals surface area contributed by atoms with Gasteiger partial charge in [-0.1, -0.05) is 24.0 Å². The van der Waals surface area contributed by atoms with Crippen LogP contribution in [0.4, 0.5) is 0 Å². The number of carbonyl (C=O) groups excluding carboxylic acids is 1. The van der Waals surface area contributed by atoms with E-state index in [1.165, 1.54) is 18.9 Å². The summed E-state index contributed by atoms with van der Waals surface area (Å²) in [6.45, 7) is 7.25. The molecule has 2 aromatic rings. The largest absolute Gasteiger partial charge is 0.484 e. The SMILES string of the molecule is Cc1cc(OCC(=O)N2CCCC2(C)C)cc(=O)n1Cc1ccc(C#CC2CC2)cc1. The van der Waals surface area contributed by atoms with E-state index in [2.05, 4.69) is 25.7 Å². The normalized spacial score (nSPS) is 17.2. The number of aromatic nitrogens is 1. The smallest absolute Gasteiger partial charge is 0.260 e. The van der Waals surface area contributed by atoms with Gasteiger partial charge in [-0.3, -0.25) is 9.59 Å². The van der Waals surface area contributed by atoms with E-state index in [-0.39, 0.29) is 23.6 Å². The number of hydrogen-bond donors (Lipinski definition) is 0. The van der Waals surface area contributed by atoms with Crippen molar-refractivity contribution < 1.29 is 9.53 Å². The number of benzene rings is 1. The Balaban J connectivity index is 1.39. The predicted molar refractivity (Wildman–Crippen MR) is 121 cm³/mol. The van der Waals surface area contributed by atoms with Crippen LogP contribution in [-0.2, 0) is 11.3 Å². The fourth-order valence-electron chi connectivity index (χ4n) is 4.07. The molecule has 0 atom stereocenters. The van der Waals surface area contributed by atoms with Crippen molar-refractivity contribution in [2.24, 2.45) is 5.92 Å². The van der Waals surface area contributed by atoms with Gasteiger partial charge in [0.2, 0.25) is 0 Å². The topological polar surface area (TPSA) is 51.5 Å². The van der Waals surface area contributed by atoms with Gasteiger partial charge < -0.3 is 14.2 Å². The summed E-state index contributed by atoms with van der Waals surface area (Å²) in [6.07, 6.45) is 4.46. The summed E-state index contributed by atoms with van der Waals surface area (Å²) in [5.41, 5.74) is 2.59. The first-order valence-corrected chi connectivity index (χ1v) is 11.1. The zero-order valence-electron chi connectivity index (χ0n) is 18.6. The highest BCUT2D eigenvalue weighted by molar-refractivity contribution is 5.78. The number of likely N-dealkylation sites (tertiary alicyclic amines) is 1. The molecule has 2 fully saturated rings. The van der Waals surface area contributed by atoms with E-state index in [4.69, 9.17) is 4.74 Å². The quantitative estimate of drug-likeness (QED) is 0.695. The summed E-state index contributed by atoms with van der Waals surface area (Å²) in [6, 6.07) is 11.3. The number of nitrogens with zero attached hydrogens (tertiary/aromatic N) is 2. The summed E-state index contributed by atoms with van der Waals surface area (Å²) in [5.74, 6) is 7.46. The van der Waals surface area contributed by atoms with Crippen LogP contribution >= 0.6 is 0 Å². The van der Waals surface area contributed by atoms with Crippen molar-refractivity contribution in [3.63, 3.8) is 0 Å². The maximum atomic E-state index is 12.7. The molecule has 1 aromatic heterocycles. The van der Waals surface area contributed by atoms with E-state index in [1.807, 2.05) is 42.2 Å². The molecule has 0 unspecified atom stereocenters. The van der Waals surface area contributed by atoms with Gasteiger partial charge in [0.25, 0.3) is 11.5 Å². The van der Waals surface area contributed by atoms with Gasteiger partial charge in [-0.15, -0.1) is 0 Å². The molecule has 0 radical (unpaired) electrons. The maximum Gasteiger partial charge on any atom is 0.260 e. The molecule has 1 aromatic carbocycles. The first kappa shape index (κ1) is 21.2. The Morgan fingerprint density at radius 1 is 1.19 bits per heavy atom. The molecule has 162 valence electrons. The molecule has 1 saturated carbocycles. The van der Waals surface area contributed by atoms with Crippen LogP contribution in [0.5, 0.6) is 5.75 Å². The molecule has 2 heterocycles. The van der Waals surface area contributed by atoms with E-state index >= 15 is 0 Å². The third kappa shape index (κ3) is 5.19. The van der Waals surface area contributed by atoms with Crippen molar-refractivity contribution in [2.75, 3.05) is 13.2 Å². The van der Waals surface area contributed by atoms with Crippen molar-refractivity contribution in [3.05, 3.63) is 63.6 Å². The predicted octanol–water partition coefficient (Wildman–Crippen LogP) is 3.75. The Morgan fingerprint density at radius 3 is 2.55 bits per heavy atom. The molecule has 5 nitrogen and oxygen atoms in total. The highest BCUT2D eigenvalue weighted by Crippen LogP contribution is 2.28. The number of pyridine rings is 1. The van der Waals surface area contributed by atoms with Gasteiger partial charge in [-0.25, -0.2) is 0 Å². The first-order valence-electron chi connectivity index (χ1n) is 11.1. The van der Waals surface area contributed by atoms with Crippen LogP contribution in [0.1, 0.15) is 56.4 Å². The fraction of sp³-hybridized carbons (Fsp3) is 0.462. The summed E-state index contributed by atoms with van der Waals surface area (Å²) >= 11 is 0. The summed E-state index contributed by atoms with van der Waals surface area (Å²) < 4.78 is 7.40. The molecule has 2 aliphatic rings. The van der Waals surface area contributed by atoms with Crippen molar-refractivity contribution >= 4 is 5.91 Å². The van der Waals surface area contributed by atoms with Gasteiger partial charge >= 0.3 is 0 Å². The van der Waals surface area contributed by atoms with Crippen LogP contribution in [0.3, 0.4) is 0 Å². The summed E-state index contributed by atoms with van der Waals surface area (Å²) in [5, 5.41) is 0. The van der Waals surface area contributed by atoms with Crippen LogP contribution in [0, 0.1) is 24.7 Å². The minimum Gasteiger partial charge on any atom is -0.484 e. The molecule has 4 rings (SSSR count). The van der Waals surface area contributed by atoms with Crippen molar-refractivity contribution in [2.45, 2.75) is 58.5 Å². The van der Waals surface area contributed by atoms with E-state index in [1.54, 1.807) is 4.57 Å². The zero-order chi connectivity index (χ0) is 22.0. The van der Waals surface area contributed by atoms with E-state index in [9.17, 15) is 9.59 Å². The average Bonchev–Trinajstić information content (AvgIpc) is 3.49. The van der Waals surface area contributed by atoms with Crippen LogP contribution in [0.25, 0.3) is 0 Å². The third-order valence-electron chi connectivity index (χ3n) is 6.17. The molecule has 1 amide bonds. The maximum absolute atomic E-state index is 12.7. The lowest BCUT2D eigenvalue weighted by Crippen LogP contribution is -2.44. The number of aryl methyl sites for hydroxylation is 1. The molecular formula is C26H30N2O3. The number of hydrogen-bond acceptors (Lipinski definition) is 3. The van der Waals surface area contributed by atoms with E-state index in [0.717, 1.165) is 36.2 Å². The lowest BCUT2D eigenvalue weighted by atomic mass is 10.0. The number of rotatable bonds is 5. The Hall–Kier alpha value is -3.00. The lowest BCUT2D eigenvalue weighted by molar-refractivity contribution is -0.136. The van der Waals surface area contributed by atoms with Crippen LogP contribution in [0.2, 0.25) is 0 Å². The third-order valence-corrected chi connectivity index (χ3v) is 6.17. The van der Waals surface area contributed by atoms with Crippen LogP contribution < -0.4 is 10.3 Å². The van der Waals surface area contributed by atoms with Crippen molar-refractivity contribution in [1.29, 1.82) is 0 Å². The Bertz CT molecular complexity index is 1080. The second kappa shape index (κ2) is 8.63. The zero-order valence-corrected chi connectivity index (χ0v) is 18.6. The van der Waals surface area contributed by atoms with Crippen LogP contribution in [-0.4, -0.2) is 34.1 Å². The van der Waals surface area contributed by atoms with Gasteiger partial charge in [0.1, 0.15) is 5.75 Å². The second-order valence-corrected chi connectivity index (χ2v) is 9.25. The molecular weight excluding hydrogens is 388 g/mol. The molecule has 31 heavy (non-hydrogen) atoms. The Morgan fingerprint density at radius 2 is 1.94 bits per heavy atom. The van der Waals surface area contributed by atoms with Crippen molar-refractivity contribution in [3.8, 4) is 17.6 Å². The van der Waals surface area contributed by atoms with E-state index < -0.39 is 0 Å². The molecule has 0 N–H and O–H groups in total. The molecule has 1 saturated heterocycles. The van der Waals surface area contributed by atoms with Gasteiger partial charge in [0, 0.05) is 35.3 Å². The van der Waals surface area contributed by atoms with Crippen LogP contribution in [0.15, 0.2) is 41.2 Å². The molecule has 1 aliphatic heterocycles. The van der Waals surface area contributed by atoms with Crippen molar-refractivity contribution in [1.82, 2.24) is 9.47 Å². The molecule has 0 bridgehead atoms. The minimum absolute atomic E-state index is 0.0331.